The number of aromatic amines is 1. The molecule has 0 aliphatic carbocycles. The van der Waals surface area contributed by atoms with Crippen molar-refractivity contribution in [2.24, 2.45) is 5.73 Å². The highest BCUT2D eigenvalue weighted by Gasteiger charge is 1.91. The number of nitrogens with one attached hydrogen (secondary N) is 2. The van der Waals surface area contributed by atoms with Gasteiger partial charge < -0.3 is 11.1 Å². The van der Waals surface area contributed by atoms with Gasteiger partial charge in [-0.25, -0.2) is 0 Å². The molecule has 4 N–H and O–H groups in total. The van der Waals surface area contributed by atoms with Gasteiger partial charge in [-0.2, -0.15) is 5.10 Å². The molecule has 1 heterocycles. The molecule has 12 heavy (non-hydrogen) atoms. The SMILES string of the molecule is NCCCCNCc1ccn[nH]1. The maximum Gasteiger partial charge on any atom is 0.0490 e. The van der Waals surface area contributed by atoms with E-state index < -0.39 is 0 Å². The smallest absolute Gasteiger partial charge is 0.0490 e. The van der Waals surface area contributed by atoms with Crippen molar-refractivity contribution >= 4 is 0 Å². The van der Waals surface area contributed by atoms with Crippen LogP contribution in [-0.4, -0.2) is 23.3 Å². The van der Waals surface area contributed by atoms with Crippen molar-refractivity contribution in [1.82, 2.24) is 15.5 Å². The van der Waals surface area contributed by atoms with E-state index in [1.807, 2.05) is 6.07 Å². The molecule has 0 aliphatic heterocycles. The Hall–Kier alpha value is -0.870. The maximum atomic E-state index is 5.36. The van der Waals surface area contributed by atoms with Crippen LogP contribution in [0.2, 0.25) is 0 Å². The molecule has 1 rings (SSSR count). The van der Waals surface area contributed by atoms with Gasteiger partial charge in [0.15, 0.2) is 0 Å². The van der Waals surface area contributed by atoms with Crippen LogP contribution in [0.3, 0.4) is 0 Å². The molecule has 0 unspecified atom stereocenters. The molecule has 0 bridgehead atoms. The van der Waals surface area contributed by atoms with E-state index in [2.05, 4.69) is 15.5 Å². The largest absolute Gasteiger partial charge is 0.330 e. The van der Waals surface area contributed by atoms with Crippen LogP contribution in [0.15, 0.2) is 12.3 Å². The summed E-state index contributed by atoms with van der Waals surface area (Å²) in [6, 6.07) is 1.97. The van der Waals surface area contributed by atoms with Gasteiger partial charge in [-0.3, -0.25) is 5.10 Å². The summed E-state index contributed by atoms with van der Waals surface area (Å²) in [7, 11) is 0. The van der Waals surface area contributed by atoms with Crippen LogP contribution in [0, 0.1) is 0 Å². The second-order valence-corrected chi connectivity index (χ2v) is 2.75. The number of aromatic nitrogens is 2. The molecule has 1 aromatic heterocycles. The van der Waals surface area contributed by atoms with E-state index in [0.717, 1.165) is 38.2 Å². The molecule has 0 aliphatic rings. The quantitative estimate of drug-likeness (QED) is 0.533. The molecule has 4 heteroatoms. The Morgan fingerprint density at radius 3 is 3.08 bits per heavy atom. The lowest BCUT2D eigenvalue weighted by Crippen LogP contribution is -2.16. The lowest BCUT2D eigenvalue weighted by molar-refractivity contribution is 0.620. The van der Waals surface area contributed by atoms with Crippen molar-refractivity contribution in [3.8, 4) is 0 Å². The number of nitrogens with zero attached hydrogens (tertiary/aromatic N) is 1. The lowest BCUT2D eigenvalue weighted by atomic mass is 10.3. The normalized spacial score (nSPS) is 10.4. The predicted octanol–water partition coefficient (Wildman–Crippen LogP) is 0.238. The molecular weight excluding hydrogens is 152 g/mol. The molecule has 0 saturated carbocycles. The van der Waals surface area contributed by atoms with Crippen LogP contribution in [0.1, 0.15) is 18.5 Å². The summed E-state index contributed by atoms with van der Waals surface area (Å²) in [5.74, 6) is 0. The molecular formula is C8H16N4. The van der Waals surface area contributed by atoms with Crippen molar-refractivity contribution in [1.29, 1.82) is 0 Å². The second kappa shape index (κ2) is 5.74. The van der Waals surface area contributed by atoms with E-state index in [4.69, 9.17) is 5.73 Å². The molecule has 0 atom stereocenters. The van der Waals surface area contributed by atoms with E-state index in [9.17, 15) is 0 Å². The lowest BCUT2D eigenvalue weighted by Gasteiger charge is -2.00. The van der Waals surface area contributed by atoms with Crippen LogP contribution >= 0.6 is 0 Å². The van der Waals surface area contributed by atoms with Crippen molar-refractivity contribution in [2.75, 3.05) is 13.1 Å². The third-order valence-corrected chi connectivity index (χ3v) is 1.68. The van der Waals surface area contributed by atoms with Crippen LogP contribution in [0.4, 0.5) is 0 Å². The van der Waals surface area contributed by atoms with E-state index >= 15 is 0 Å². The second-order valence-electron chi connectivity index (χ2n) is 2.75. The first-order chi connectivity index (χ1) is 5.93. The number of rotatable bonds is 6. The summed E-state index contributed by atoms with van der Waals surface area (Å²) in [4.78, 5) is 0. The van der Waals surface area contributed by atoms with Gasteiger partial charge in [-0.15, -0.1) is 0 Å². The summed E-state index contributed by atoms with van der Waals surface area (Å²) in [6.45, 7) is 2.67. The van der Waals surface area contributed by atoms with Crippen LogP contribution in [0.25, 0.3) is 0 Å². The number of hydrogen-bond acceptors (Lipinski definition) is 3. The van der Waals surface area contributed by atoms with Gasteiger partial charge in [0.2, 0.25) is 0 Å². The highest BCUT2D eigenvalue weighted by atomic mass is 15.1. The summed E-state index contributed by atoms with van der Waals surface area (Å²) >= 11 is 0. The summed E-state index contributed by atoms with van der Waals surface area (Å²) in [6.07, 6.45) is 4.00. The molecule has 68 valence electrons. The Balaban J connectivity index is 1.96. The summed E-state index contributed by atoms with van der Waals surface area (Å²) in [5.41, 5.74) is 6.49. The Morgan fingerprint density at radius 2 is 2.42 bits per heavy atom. The molecule has 0 aromatic carbocycles. The molecule has 1 aromatic rings. The third-order valence-electron chi connectivity index (χ3n) is 1.68. The van der Waals surface area contributed by atoms with E-state index in [0.29, 0.717) is 0 Å². The van der Waals surface area contributed by atoms with Crippen LogP contribution in [0.5, 0.6) is 0 Å². The average Bonchev–Trinajstić information content (AvgIpc) is 2.57. The van der Waals surface area contributed by atoms with Crippen molar-refractivity contribution in [3.63, 3.8) is 0 Å². The van der Waals surface area contributed by atoms with Gasteiger partial charge in [-0.05, 0) is 32.0 Å². The zero-order valence-electron chi connectivity index (χ0n) is 7.21. The van der Waals surface area contributed by atoms with Crippen molar-refractivity contribution < 1.29 is 0 Å². The van der Waals surface area contributed by atoms with Gasteiger partial charge in [0.25, 0.3) is 0 Å². The molecule has 4 nitrogen and oxygen atoms in total. The summed E-state index contributed by atoms with van der Waals surface area (Å²) in [5, 5.41) is 10.0. The van der Waals surface area contributed by atoms with Crippen molar-refractivity contribution in [3.05, 3.63) is 18.0 Å². The highest BCUT2D eigenvalue weighted by molar-refractivity contribution is 4.96. The van der Waals surface area contributed by atoms with Gasteiger partial charge >= 0.3 is 0 Å². The van der Waals surface area contributed by atoms with Crippen LogP contribution < -0.4 is 11.1 Å². The average molecular weight is 168 g/mol. The first kappa shape index (κ1) is 9.22. The number of H-pyrrole nitrogens is 1. The fourth-order valence-corrected chi connectivity index (χ4v) is 1.00. The standard InChI is InChI=1S/C8H16N4/c9-4-1-2-5-10-7-8-3-6-11-12-8/h3,6,10H,1-2,4-5,7,9H2,(H,11,12). The Bertz CT molecular complexity index is 183. The minimum absolute atomic E-state index is 0.783. The van der Waals surface area contributed by atoms with Crippen LogP contribution in [-0.2, 0) is 6.54 Å². The van der Waals surface area contributed by atoms with Gasteiger partial charge in [-0.1, -0.05) is 0 Å². The first-order valence-corrected chi connectivity index (χ1v) is 4.32. The Labute approximate surface area is 72.5 Å². The third kappa shape index (κ3) is 3.50. The molecule has 0 amide bonds. The zero-order valence-corrected chi connectivity index (χ0v) is 7.21. The minimum atomic E-state index is 0.783. The highest BCUT2D eigenvalue weighted by Crippen LogP contribution is 1.90. The predicted molar refractivity (Wildman–Crippen MR) is 48.6 cm³/mol. The van der Waals surface area contributed by atoms with Gasteiger partial charge in [0, 0.05) is 18.4 Å². The summed E-state index contributed by atoms with van der Waals surface area (Å²) < 4.78 is 0. The van der Waals surface area contributed by atoms with Gasteiger partial charge in [0.05, 0.1) is 0 Å². The topological polar surface area (TPSA) is 66.7 Å². The minimum Gasteiger partial charge on any atom is -0.330 e. The molecule has 0 saturated heterocycles. The first-order valence-electron chi connectivity index (χ1n) is 4.32. The van der Waals surface area contributed by atoms with E-state index in [1.54, 1.807) is 6.20 Å². The number of unbranched alkanes of at least 4 members (excludes halogenated alkanes) is 1. The number of nitrogens with two attached hydrogens (primary N) is 1. The fourth-order valence-electron chi connectivity index (χ4n) is 1.00. The maximum absolute atomic E-state index is 5.36. The number of hydrogen-bond donors (Lipinski definition) is 3. The molecule has 0 radical (unpaired) electrons. The van der Waals surface area contributed by atoms with E-state index in [1.165, 1.54) is 0 Å². The van der Waals surface area contributed by atoms with E-state index in [-0.39, 0.29) is 0 Å². The monoisotopic (exact) mass is 168 g/mol. The zero-order chi connectivity index (χ0) is 8.65. The van der Waals surface area contributed by atoms with Crippen molar-refractivity contribution in [2.45, 2.75) is 19.4 Å². The van der Waals surface area contributed by atoms with Gasteiger partial charge in [0.1, 0.15) is 0 Å². The molecule has 0 fully saturated rings. The fraction of sp³-hybridized carbons (Fsp3) is 0.625. The molecule has 0 spiro atoms. The Kier molecular flexibility index (Phi) is 4.41. The Morgan fingerprint density at radius 1 is 1.50 bits per heavy atom.